The van der Waals surface area contributed by atoms with E-state index in [1.807, 2.05) is 13.0 Å². The molecule has 2 rings (SSSR count). The molecule has 0 aromatic heterocycles. The van der Waals surface area contributed by atoms with Crippen molar-refractivity contribution in [3.8, 4) is 0 Å². The second-order valence-corrected chi connectivity index (χ2v) is 4.91. The molecule has 2 atom stereocenters. The Hall–Kier alpha value is -0.890. The van der Waals surface area contributed by atoms with Crippen molar-refractivity contribution in [2.24, 2.45) is 5.73 Å². The minimum absolute atomic E-state index is 0.150. The van der Waals surface area contributed by atoms with Crippen molar-refractivity contribution < 1.29 is 4.39 Å². The summed E-state index contributed by atoms with van der Waals surface area (Å²) in [4.78, 5) is 0. The Bertz CT molecular complexity index is 362. The summed E-state index contributed by atoms with van der Waals surface area (Å²) in [5.74, 6) is 0.270. The Morgan fingerprint density at radius 1 is 1.19 bits per heavy atom. The van der Waals surface area contributed by atoms with E-state index in [2.05, 4.69) is 0 Å². The predicted molar refractivity (Wildman–Crippen MR) is 64.9 cm³/mol. The Labute approximate surface area is 96.9 Å². The highest BCUT2D eigenvalue weighted by molar-refractivity contribution is 5.31. The van der Waals surface area contributed by atoms with Gasteiger partial charge in [-0.2, -0.15) is 0 Å². The van der Waals surface area contributed by atoms with Gasteiger partial charge in [0.05, 0.1) is 0 Å². The molecule has 0 spiro atoms. The van der Waals surface area contributed by atoms with E-state index in [9.17, 15) is 4.39 Å². The van der Waals surface area contributed by atoms with Crippen molar-refractivity contribution in [3.63, 3.8) is 0 Å². The van der Waals surface area contributed by atoms with Crippen molar-refractivity contribution >= 4 is 0 Å². The van der Waals surface area contributed by atoms with Crippen LogP contribution in [0.2, 0.25) is 0 Å². The van der Waals surface area contributed by atoms with Crippen LogP contribution in [0.5, 0.6) is 0 Å². The molecule has 0 amide bonds. The molecule has 16 heavy (non-hydrogen) atoms. The number of halogens is 1. The maximum absolute atomic E-state index is 13.1. The maximum atomic E-state index is 13.1. The first kappa shape index (κ1) is 11.6. The van der Waals surface area contributed by atoms with Gasteiger partial charge in [0.25, 0.3) is 0 Å². The summed E-state index contributed by atoms with van der Waals surface area (Å²) >= 11 is 0. The summed E-state index contributed by atoms with van der Waals surface area (Å²) in [6.07, 6.45) is 6.01. The molecular weight excluding hydrogens is 201 g/mol. The fourth-order valence-electron chi connectivity index (χ4n) is 2.78. The molecular formula is C14H20FN. The average Bonchev–Trinajstić information content (AvgIpc) is 2.44. The molecule has 88 valence electrons. The normalized spacial score (nSPS) is 26.4. The van der Waals surface area contributed by atoms with Crippen LogP contribution >= 0.6 is 0 Å². The van der Waals surface area contributed by atoms with E-state index in [0.717, 1.165) is 18.4 Å². The Morgan fingerprint density at radius 3 is 2.69 bits per heavy atom. The van der Waals surface area contributed by atoms with Gasteiger partial charge in [0.1, 0.15) is 5.82 Å². The first-order chi connectivity index (χ1) is 7.68. The molecule has 0 saturated heterocycles. The van der Waals surface area contributed by atoms with Gasteiger partial charge in [-0.05, 0) is 48.9 Å². The second-order valence-electron chi connectivity index (χ2n) is 4.91. The summed E-state index contributed by atoms with van der Waals surface area (Å²) in [5, 5.41) is 0. The van der Waals surface area contributed by atoms with Crippen molar-refractivity contribution in [3.05, 3.63) is 35.1 Å². The van der Waals surface area contributed by atoms with Gasteiger partial charge < -0.3 is 5.73 Å². The van der Waals surface area contributed by atoms with Crippen molar-refractivity contribution in [2.45, 2.75) is 51.0 Å². The fraction of sp³-hybridized carbons (Fsp3) is 0.571. The smallest absolute Gasteiger partial charge is 0.123 e. The van der Waals surface area contributed by atoms with Crippen LogP contribution in [0.1, 0.15) is 49.1 Å². The molecule has 1 aromatic rings. The van der Waals surface area contributed by atoms with E-state index in [1.54, 1.807) is 12.1 Å². The van der Waals surface area contributed by atoms with E-state index in [0.29, 0.717) is 5.92 Å². The SMILES string of the molecule is Cc1cc(F)ccc1C1CCCCCC1N. The molecule has 2 unspecified atom stereocenters. The second kappa shape index (κ2) is 4.96. The summed E-state index contributed by atoms with van der Waals surface area (Å²) in [6, 6.07) is 5.33. The van der Waals surface area contributed by atoms with Crippen LogP contribution in [0.4, 0.5) is 4.39 Å². The number of benzene rings is 1. The number of aryl methyl sites for hydroxylation is 1. The van der Waals surface area contributed by atoms with Gasteiger partial charge in [0.2, 0.25) is 0 Å². The third-order valence-corrected chi connectivity index (χ3v) is 3.70. The topological polar surface area (TPSA) is 26.0 Å². The molecule has 1 fully saturated rings. The van der Waals surface area contributed by atoms with Crippen LogP contribution < -0.4 is 5.73 Å². The fourth-order valence-corrected chi connectivity index (χ4v) is 2.78. The molecule has 1 saturated carbocycles. The van der Waals surface area contributed by atoms with Crippen LogP contribution in [0.3, 0.4) is 0 Å². The lowest BCUT2D eigenvalue weighted by Crippen LogP contribution is -2.27. The van der Waals surface area contributed by atoms with E-state index in [-0.39, 0.29) is 11.9 Å². The largest absolute Gasteiger partial charge is 0.327 e. The lowest BCUT2D eigenvalue weighted by Gasteiger charge is -2.23. The third kappa shape index (κ3) is 2.43. The van der Waals surface area contributed by atoms with Crippen LogP contribution in [0.15, 0.2) is 18.2 Å². The zero-order chi connectivity index (χ0) is 11.5. The third-order valence-electron chi connectivity index (χ3n) is 3.70. The Balaban J connectivity index is 2.27. The zero-order valence-corrected chi connectivity index (χ0v) is 9.88. The minimum atomic E-state index is -0.150. The van der Waals surface area contributed by atoms with Crippen molar-refractivity contribution in [1.29, 1.82) is 0 Å². The van der Waals surface area contributed by atoms with Crippen LogP contribution in [-0.4, -0.2) is 6.04 Å². The Morgan fingerprint density at radius 2 is 1.94 bits per heavy atom. The van der Waals surface area contributed by atoms with Gasteiger partial charge in [-0.15, -0.1) is 0 Å². The Kier molecular flexibility index (Phi) is 3.59. The monoisotopic (exact) mass is 221 g/mol. The molecule has 0 bridgehead atoms. The lowest BCUT2D eigenvalue weighted by atomic mass is 9.85. The first-order valence-corrected chi connectivity index (χ1v) is 6.20. The standard InChI is InChI=1S/C14H20FN/c1-10-9-11(15)7-8-12(10)13-5-3-2-4-6-14(13)16/h7-9,13-14H,2-6,16H2,1H3. The van der Waals surface area contributed by atoms with E-state index in [1.165, 1.54) is 24.8 Å². The molecule has 1 aliphatic rings. The summed E-state index contributed by atoms with van der Waals surface area (Å²) in [6.45, 7) is 1.98. The summed E-state index contributed by atoms with van der Waals surface area (Å²) in [5.41, 5.74) is 8.51. The lowest BCUT2D eigenvalue weighted by molar-refractivity contribution is 0.502. The first-order valence-electron chi connectivity index (χ1n) is 6.20. The number of rotatable bonds is 1. The molecule has 1 aromatic carbocycles. The van der Waals surface area contributed by atoms with Gasteiger partial charge in [-0.3, -0.25) is 0 Å². The van der Waals surface area contributed by atoms with Gasteiger partial charge in [0, 0.05) is 6.04 Å². The number of hydrogen-bond donors (Lipinski definition) is 1. The van der Waals surface area contributed by atoms with E-state index in [4.69, 9.17) is 5.73 Å². The number of hydrogen-bond acceptors (Lipinski definition) is 1. The van der Waals surface area contributed by atoms with E-state index >= 15 is 0 Å². The minimum Gasteiger partial charge on any atom is -0.327 e. The molecule has 2 heteroatoms. The summed E-state index contributed by atoms with van der Waals surface area (Å²) in [7, 11) is 0. The highest BCUT2D eigenvalue weighted by Gasteiger charge is 2.23. The highest BCUT2D eigenvalue weighted by Crippen LogP contribution is 2.32. The van der Waals surface area contributed by atoms with Gasteiger partial charge in [-0.1, -0.05) is 25.3 Å². The zero-order valence-electron chi connectivity index (χ0n) is 9.88. The van der Waals surface area contributed by atoms with Gasteiger partial charge in [-0.25, -0.2) is 4.39 Å². The quantitative estimate of drug-likeness (QED) is 0.721. The highest BCUT2D eigenvalue weighted by atomic mass is 19.1. The van der Waals surface area contributed by atoms with Crippen molar-refractivity contribution in [1.82, 2.24) is 0 Å². The molecule has 0 radical (unpaired) electrons. The van der Waals surface area contributed by atoms with Crippen LogP contribution in [0, 0.1) is 12.7 Å². The summed E-state index contributed by atoms with van der Waals surface area (Å²) < 4.78 is 13.1. The molecule has 1 nitrogen and oxygen atoms in total. The number of nitrogens with two attached hydrogens (primary N) is 1. The molecule has 1 aliphatic carbocycles. The van der Waals surface area contributed by atoms with Crippen LogP contribution in [-0.2, 0) is 0 Å². The van der Waals surface area contributed by atoms with Gasteiger partial charge >= 0.3 is 0 Å². The van der Waals surface area contributed by atoms with Crippen LogP contribution in [0.25, 0.3) is 0 Å². The molecule has 0 heterocycles. The predicted octanol–water partition coefficient (Wildman–Crippen LogP) is 3.51. The maximum Gasteiger partial charge on any atom is 0.123 e. The average molecular weight is 221 g/mol. The van der Waals surface area contributed by atoms with E-state index < -0.39 is 0 Å². The molecule has 2 N–H and O–H groups in total. The van der Waals surface area contributed by atoms with Gasteiger partial charge in [0.15, 0.2) is 0 Å². The molecule has 0 aliphatic heterocycles. The van der Waals surface area contributed by atoms with Crippen molar-refractivity contribution in [2.75, 3.05) is 0 Å².